The number of thiophene rings is 1. The van der Waals surface area contributed by atoms with Gasteiger partial charge in [-0.25, -0.2) is 4.79 Å². The third-order valence-electron chi connectivity index (χ3n) is 6.41. The number of para-hydroxylation sites is 1. The number of hydrogen-bond donors (Lipinski definition) is 2. The summed E-state index contributed by atoms with van der Waals surface area (Å²) in [5.41, 5.74) is 4.71. The van der Waals surface area contributed by atoms with E-state index in [4.69, 9.17) is 0 Å². The minimum atomic E-state index is -0.113. The molecule has 4 heteroatoms. The molecule has 0 aliphatic carbocycles. The largest absolute Gasteiger partial charge is 0.337 e. The van der Waals surface area contributed by atoms with Crippen molar-refractivity contribution < 1.29 is 4.79 Å². The van der Waals surface area contributed by atoms with Gasteiger partial charge in [0.1, 0.15) is 0 Å². The topological polar surface area (TPSA) is 41.1 Å². The van der Waals surface area contributed by atoms with Crippen molar-refractivity contribution in [2.24, 2.45) is 5.92 Å². The zero-order chi connectivity index (χ0) is 24.0. The van der Waals surface area contributed by atoms with E-state index in [-0.39, 0.29) is 6.03 Å². The maximum Gasteiger partial charge on any atom is 0.319 e. The van der Waals surface area contributed by atoms with E-state index in [0.29, 0.717) is 30.2 Å². The average molecular weight is 465 g/mol. The Morgan fingerprint density at radius 1 is 0.848 bits per heavy atom. The second kappa shape index (κ2) is 11.7. The highest BCUT2D eigenvalue weighted by molar-refractivity contribution is 7.17. The fourth-order valence-corrected chi connectivity index (χ4v) is 5.57. The van der Waals surface area contributed by atoms with Crippen molar-refractivity contribution in [3.63, 3.8) is 0 Å². The number of hydrogen-bond acceptors (Lipinski definition) is 2. The number of amides is 2. The summed E-state index contributed by atoms with van der Waals surface area (Å²) in [6.07, 6.45) is 3.47. The molecule has 0 saturated carbocycles. The number of urea groups is 1. The second-order valence-electron chi connectivity index (χ2n) is 10.2. The van der Waals surface area contributed by atoms with Crippen molar-refractivity contribution in [2.75, 3.05) is 11.9 Å². The lowest BCUT2D eigenvalue weighted by atomic mass is 9.91. The molecular formula is C29H40N2OS. The highest BCUT2D eigenvalue weighted by Crippen LogP contribution is 2.35. The van der Waals surface area contributed by atoms with Gasteiger partial charge in [0, 0.05) is 22.8 Å². The first kappa shape index (κ1) is 25.3. The number of fused-ring (bicyclic) bond motifs is 1. The molecule has 3 aromatic rings. The number of anilines is 1. The van der Waals surface area contributed by atoms with Gasteiger partial charge in [0.2, 0.25) is 0 Å². The van der Waals surface area contributed by atoms with E-state index in [1.807, 2.05) is 0 Å². The molecule has 0 spiro atoms. The lowest BCUT2D eigenvalue weighted by Crippen LogP contribution is -2.33. The summed E-state index contributed by atoms with van der Waals surface area (Å²) in [4.78, 5) is 13.1. The number of rotatable bonds is 10. The Kier molecular flexibility index (Phi) is 8.96. The Morgan fingerprint density at radius 2 is 1.52 bits per heavy atom. The number of nitrogens with one attached hydrogen (secondary N) is 2. The molecule has 2 N–H and O–H groups in total. The van der Waals surface area contributed by atoms with Gasteiger partial charge < -0.3 is 10.6 Å². The van der Waals surface area contributed by atoms with E-state index >= 15 is 0 Å². The molecule has 3 nitrogen and oxygen atoms in total. The molecule has 1 aromatic heterocycles. The molecule has 33 heavy (non-hydrogen) atoms. The molecule has 0 aliphatic heterocycles. The second-order valence-corrected chi connectivity index (χ2v) is 11.1. The van der Waals surface area contributed by atoms with Crippen LogP contribution >= 0.6 is 11.3 Å². The van der Waals surface area contributed by atoms with Crippen molar-refractivity contribution in [1.82, 2.24) is 5.32 Å². The van der Waals surface area contributed by atoms with E-state index in [9.17, 15) is 4.79 Å². The van der Waals surface area contributed by atoms with Gasteiger partial charge in [0.05, 0.1) is 0 Å². The predicted octanol–water partition coefficient (Wildman–Crippen LogP) is 8.88. The maximum atomic E-state index is 13.1. The van der Waals surface area contributed by atoms with Crippen molar-refractivity contribution in [3.05, 3.63) is 64.5 Å². The van der Waals surface area contributed by atoms with Gasteiger partial charge in [0.25, 0.3) is 0 Å². The molecule has 1 heterocycles. The SMILES string of the molecule is CC(C)CCCC(CNC(=O)Nc1c(C(C)C)cccc1C(C)C)c1csc2ccccc12. The number of carbonyl (C=O) groups excluding carboxylic acids is 1. The van der Waals surface area contributed by atoms with Gasteiger partial charge in [0.15, 0.2) is 0 Å². The van der Waals surface area contributed by atoms with Crippen LogP contribution in [-0.4, -0.2) is 12.6 Å². The van der Waals surface area contributed by atoms with Crippen LogP contribution in [0.15, 0.2) is 47.8 Å². The van der Waals surface area contributed by atoms with E-state index < -0.39 is 0 Å². The van der Waals surface area contributed by atoms with E-state index in [2.05, 4.69) is 100 Å². The molecule has 3 rings (SSSR count). The summed E-state index contributed by atoms with van der Waals surface area (Å²) in [5.74, 6) is 1.71. The van der Waals surface area contributed by atoms with Gasteiger partial charge in [-0.3, -0.25) is 0 Å². The lowest BCUT2D eigenvalue weighted by Gasteiger charge is -2.22. The third kappa shape index (κ3) is 6.60. The normalized spacial score (nSPS) is 12.6. The van der Waals surface area contributed by atoms with Crippen LogP contribution in [0.2, 0.25) is 0 Å². The fourth-order valence-electron chi connectivity index (χ4n) is 4.52. The van der Waals surface area contributed by atoms with Crippen molar-refractivity contribution in [1.29, 1.82) is 0 Å². The number of carbonyl (C=O) groups is 1. The van der Waals surface area contributed by atoms with Crippen LogP contribution in [0.3, 0.4) is 0 Å². The van der Waals surface area contributed by atoms with Crippen molar-refractivity contribution in [2.45, 2.75) is 78.6 Å². The molecule has 0 fully saturated rings. The monoisotopic (exact) mass is 464 g/mol. The first-order valence-corrected chi connectivity index (χ1v) is 13.3. The van der Waals surface area contributed by atoms with Gasteiger partial charge in [-0.2, -0.15) is 0 Å². The number of benzene rings is 2. The molecule has 1 unspecified atom stereocenters. The molecule has 178 valence electrons. The molecule has 0 saturated heterocycles. The van der Waals surface area contributed by atoms with Crippen LogP contribution in [0.4, 0.5) is 10.5 Å². The summed E-state index contributed by atoms with van der Waals surface area (Å²) in [5, 5.41) is 10.0. The highest BCUT2D eigenvalue weighted by atomic mass is 32.1. The minimum absolute atomic E-state index is 0.113. The van der Waals surface area contributed by atoms with Gasteiger partial charge in [-0.1, -0.05) is 90.8 Å². The minimum Gasteiger partial charge on any atom is -0.337 e. The summed E-state index contributed by atoms with van der Waals surface area (Å²) in [7, 11) is 0. The Morgan fingerprint density at radius 3 is 2.15 bits per heavy atom. The van der Waals surface area contributed by atoms with Crippen LogP contribution < -0.4 is 10.6 Å². The predicted molar refractivity (Wildman–Crippen MR) is 145 cm³/mol. The summed E-state index contributed by atoms with van der Waals surface area (Å²) >= 11 is 1.80. The lowest BCUT2D eigenvalue weighted by molar-refractivity contribution is 0.251. The van der Waals surface area contributed by atoms with Crippen LogP contribution in [0, 0.1) is 5.92 Å². The van der Waals surface area contributed by atoms with E-state index in [0.717, 1.165) is 12.1 Å². The Balaban J connectivity index is 1.76. The maximum absolute atomic E-state index is 13.1. The molecule has 0 radical (unpaired) electrons. The van der Waals surface area contributed by atoms with Gasteiger partial charge in [-0.15, -0.1) is 11.3 Å². The molecule has 0 aliphatic rings. The molecule has 2 amide bonds. The molecule has 1 atom stereocenters. The Labute approximate surface area is 204 Å². The molecular weight excluding hydrogens is 424 g/mol. The first-order chi connectivity index (χ1) is 15.8. The Hall–Kier alpha value is -2.33. The van der Waals surface area contributed by atoms with Crippen molar-refractivity contribution in [3.8, 4) is 0 Å². The summed E-state index contributed by atoms with van der Waals surface area (Å²) in [6.45, 7) is 13.9. The first-order valence-electron chi connectivity index (χ1n) is 12.4. The van der Waals surface area contributed by atoms with Gasteiger partial charge >= 0.3 is 6.03 Å². The van der Waals surface area contributed by atoms with Crippen LogP contribution in [0.5, 0.6) is 0 Å². The zero-order valence-corrected chi connectivity index (χ0v) is 21.9. The van der Waals surface area contributed by atoms with E-state index in [1.54, 1.807) is 11.3 Å². The van der Waals surface area contributed by atoms with Crippen molar-refractivity contribution >= 4 is 33.1 Å². The average Bonchev–Trinajstić information content (AvgIpc) is 3.19. The fraction of sp³-hybridized carbons (Fsp3) is 0.483. The third-order valence-corrected chi connectivity index (χ3v) is 7.39. The highest BCUT2D eigenvalue weighted by Gasteiger charge is 2.19. The van der Waals surface area contributed by atoms with E-state index in [1.165, 1.54) is 39.6 Å². The quantitative estimate of drug-likeness (QED) is 0.309. The standard InChI is InChI=1S/C29H40N2OS/c1-19(2)11-9-12-22(26-18-33-27-16-8-7-13-25(26)27)17-30-29(32)31-28-23(20(3)4)14-10-15-24(28)21(5)6/h7-8,10,13-16,18-22H,9,11-12,17H2,1-6H3,(H2,30,31,32). The molecule has 2 aromatic carbocycles. The smallest absolute Gasteiger partial charge is 0.319 e. The van der Waals surface area contributed by atoms with Crippen LogP contribution in [0.25, 0.3) is 10.1 Å². The van der Waals surface area contributed by atoms with Crippen LogP contribution in [0.1, 0.15) is 95.2 Å². The van der Waals surface area contributed by atoms with Gasteiger partial charge in [-0.05, 0) is 57.7 Å². The summed E-state index contributed by atoms with van der Waals surface area (Å²) < 4.78 is 1.32. The van der Waals surface area contributed by atoms with Crippen LogP contribution in [-0.2, 0) is 0 Å². The summed E-state index contributed by atoms with van der Waals surface area (Å²) in [6, 6.07) is 14.8. The zero-order valence-electron chi connectivity index (χ0n) is 21.1. The molecule has 0 bridgehead atoms. The Bertz CT molecular complexity index is 1020.